The number of alkyl halides is 6. The number of halogens is 6. The summed E-state index contributed by atoms with van der Waals surface area (Å²) in [6, 6.07) is 2.72. The van der Waals surface area contributed by atoms with Gasteiger partial charge in [-0.2, -0.15) is 26.3 Å². The Morgan fingerprint density at radius 3 is 2.53 bits per heavy atom. The number of nitrogens with one attached hydrogen (secondary N) is 2. The van der Waals surface area contributed by atoms with Crippen molar-refractivity contribution in [2.45, 2.75) is 30.8 Å². The van der Waals surface area contributed by atoms with Crippen LogP contribution >= 0.6 is 0 Å². The van der Waals surface area contributed by atoms with Crippen LogP contribution in [0.4, 0.5) is 37.0 Å². The highest BCUT2D eigenvalue weighted by molar-refractivity contribution is 5.89. The fraction of sp³-hybridized carbons (Fsp3) is 0.389. The molecule has 1 fully saturated rings. The number of anilines is 1. The lowest BCUT2D eigenvalue weighted by atomic mass is 9.96. The number of nitrogens with zero attached hydrogens (tertiary/aromatic N) is 2. The molecule has 1 unspecified atom stereocenters. The van der Waals surface area contributed by atoms with Gasteiger partial charge >= 0.3 is 18.4 Å². The summed E-state index contributed by atoms with van der Waals surface area (Å²) in [5.41, 5.74) is -2.05. The molecule has 2 aliphatic rings. The molecule has 2 atom stereocenters. The summed E-state index contributed by atoms with van der Waals surface area (Å²) in [5.74, 6) is -0.743. The van der Waals surface area contributed by atoms with Crippen LogP contribution in [0.25, 0.3) is 11.3 Å². The molecular formula is C18H14F6N4O2. The lowest BCUT2D eigenvalue weighted by Gasteiger charge is -2.29. The topological polar surface area (TPSA) is 76.1 Å². The van der Waals surface area contributed by atoms with E-state index in [4.69, 9.17) is 0 Å². The first-order valence-corrected chi connectivity index (χ1v) is 8.87. The summed E-state index contributed by atoms with van der Waals surface area (Å²) >= 11 is 0. The van der Waals surface area contributed by atoms with Gasteiger partial charge in [0.25, 0.3) is 0 Å². The predicted octanol–water partition coefficient (Wildman–Crippen LogP) is 4.40. The molecule has 0 saturated carbocycles. The number of rotatable bonds is 2. The van der Waals surface area contributed by atoms with Crippen molar-refractivity contribution in [2.75, 3.05) is 18.4 Å². The molecule has 30 heavy (non-hydrogen) atoms. The second kappa shape index (κ2) is 7.11. The average Bonchev–Trinajstić information content (AvgIpc) is 3.20. The molecule has 4 heterocycles. The third-order valence-electron chi connectivity index (χ3n) is 4.92. The largest absolute Gasteiger partial charge is 0.431 e. The Labute approximate surface area is 165 Å². The molecule has 0 spiro atoms. The van der Waals surface area contributed by atoms with Crippen molar-refractivity contribution in [2.24, 2.45) is 0 Å². The minimum Gasteiger partial charge on any atom is -0.431 e. The number of aromatic nitrogens is 2. The maximum absolute atomic E-state index is 13.5. The van der Waals surface area contributed by atoms with Crippen LogP contribution in [0, 0.1) is 0 Å². The third-order valence-corrected chi connectivity index (χ3v) is 4.92. The number of hydrogen-bond acceptors (Lipinski definition) is 5. The van der Waals surface area contributed by atoms with Crippen molar-refractivity contribution in [1.29, 1.82) is 0 Å². The molecule has 2 aliphatic heterocycles. The molecule has 1 amide bonds. The Balaban J connectivity index is 1.92. The summed E-state index contributed by atoms with van der Waals surface area (Å²) in [5, 5.41) is 5.08. The number of pyridine rings is 2. The zero-order valence-corrected chi connectivity index (χ0v) is 15.1. The summed E-state index contributed by atoms with van der Waals surface area (Å²) < 4.78 is 85.5. The van der Waals surface area contributed by atoms with E-state index in [1.54, 1.807) is 0 Å². The van der Waals surface area contributed by atoms with E-state index in [1.165, 1.54) is 0 Å². The number of hydrogen-bond donors (Lipinski definition) is 2. The maximum atomic E-state index is 13.5. The Bertz CT molecular complexity index is 986. The summed E-state index contributed by atoms with van der Waals surface area (Å²) in [4.78, 5) is 19.5. The van der Waals surface area contributed by atoms with Crippen LogP contribution in [-0.4, -0.2) is 35.3 Å². The monoisotopic (exact) mass is 432 g/mol. The molecule has 0 radical (unpaired) electrons. The number of ether oxygens (including phenoxy) is 1. The van der Waals surface area contributed by atoms with Crippen LogP contribution in [-0.2, 0) is 10.9 Å². The molecule has 2 aromatic heterocycles. The molecule has 4 rings (SSSR count). The van der Waals surface area contributed by atoms with Crippen molar-refractivity contribution < 1.29 is 35.9 Å². The van der Waals surface area contributed by atoms with Crippen molar-refractivity contribution in [3.63, 3.8) is 0 Å². The number of cyclic esters (lactones) is 1. The van der Waals surface area contributed by atoms with Gasteiger partial charge in [-0.1, -0.05) is 0 Å². The van der Waals surface area contributed by atoms with Crippen LogP contribution in [0.15, 0.2) is 24.4 Å². The Kier molecular flexibility index (Phi) is 4.83. The Morgan fingerprint density at radius 2 is 1.90 bits per heavy atom. The van der Waals surface area contributed by atoms with Crippen LogP contribution in [0.5, 0.6) is 0 Å². The molecule has 2 aromatic rings. The minimum absolute atomic E-state index is 0.125. The number of fused-ring (bicyclic) bond motifs is 1. The van der Waals surface area contributed by atoms with E-state index >= 15 is 0 Å². The quantitative estimate of drug-likeness (QED) is 0.688. The van der Waals surface area contributed by atoms with E-state index in [1.807, 2.05) is 0 Å². The molecule has 1 saturated heterocycles. The first-order valence-electron chi connectivity index (χ1n) is 8.87. The average molecular weight is 432 g/mol. The number of carbonyl (C=O) groups excluding carboxylic acids is 1. The fourth-order valence-corrected chi connectivity index (χ4v) is 3.55. The zero-order valence-electron chi connectivity index (χ0n) is 15.1. The van der Waals surface area contributed by atoms with Gasteiger partial charge in [-0.25, -0.2) is 9.78 Å². The van der Waals surface area contributed by atoms with E-state index in [2.05, 4.69) is 25.3 Å². The van der Waals surface area contributed by atoms with Crippen LogP contribution < -0.4 is 10.6 Å². The van der Waals surface area contributed by atoms with E-state index in [-0.39, 0.29) is 22.9 Å². The molecule has 2 N–H and O–H groups in total. The SMILES string of the molecule is O=C1Nc2nccc(-c3cc(C(F)(F)F)cc(C4CCNC4)n3)c2[C@H](C(F)(F)F)O1. The Hall–Kier alpha value is -2.89. The normalized spacial score (nSPS) is 21.7. The maximum Gasteiger partial charge on any atom is 0.430 e. The van der Waals surface area contributed by atoms with Gasteiger partial charge in [0.05, 0.1) is 16.8 Å². The number of carbonyl (C=O) groups is 1. The van der Waals surface area contributed by atoms with Crippen molar-refractivity contribution in [1.82, 2.24) is 15.3 Å². The van der Waals surface area contributed by atoms with Gasteiger partial charge in [-0.3, -0.25) is 10.3 Å². The standard InChI is InChI=1S/C18H14F6N4O2/c19-17(20,21)9-5-11(8-1-3-25-7-8)27-12(6-9)10-2-4-26-15-13(10)14(18(22,23)24)30-16(29)28-15/h2,4-6,8,14,25H,1,3,7H2,(H,26,28,29)/t8?,14-/m1/s1. The highest BCUT2D eigenvalue weighted by atomic mass is 19.4. The van der Waals surface area contributed by atoms with Crippen LogP contribution in [0.3, 0.4) is 0 Å². The second-order valence-electron chi connectivity index (χ2n) is 6.93. The molecule has 0 bridgehead atoms. The van der Waals surface area contributed by atoms with Gasteiger partial charge in [-0.15, -0.1) is 0 Å². The molecule has 6 nitrogen and oxygen atoms in total. The molecule has 160 valence electrons. The third kappa shape index (κ3) is 3.78. The van der Waals surface area contributed by atoms with Gasteiger partial charge in [-0.05, 0) is 31.2 Å². The molecule has 0 aromatic carbocycles. The highest BCUT2D eigenvalue weighted by Gasteiger charge is 2.49. The summed E-state index contributed by atoms with van der Waals surface area (Å²) in [6.45, 7) is 1.01. The minimum atomic E-state index is -5.00. The van der Waals surface area contributed by atoms with Crippen molar-refractivity contribution in [3.05, 3.63) is 41.2 Å². The Morgan fingerprint density at radius 1 is 1.13 bits per heavy atom. The highest BCUT2D eigenvalue weighted by Crippen LogP contribution is 2.46. The molecule has 12 heteroatoms. The molecule has 0 aliphatic carbocycles. The summed E-state index contributed by atoms with van der Waals surface area (Å²) in [7, 11) is 0. The van der Waals surface area contributed by atoms with E-state index in [0.717, 1.165) is 18.3 Å². The second-order valence-corrected chi connectivity index (χ2v) is 6.93. The molecular weight excluding hydrogens is 418 g/mol. The van der Waals surface area contributed by atoms with Crippen molar-refractivity contribution >= 4 is 11.9 Å². The summed E-state index contributed by atoms with van der Waals surface area (Å²) in [6.07, 6.45) is -12.1. The van der Waals surface area contributed by atoms with E-state index < -0.39 is 41.5 Å². The zero-order chi connectivity index (χ0) is 21.7. The van der Waals surface area contributed by atoms with E-state index in [9.17, 15) is 31.1 Å². The lowest BCUT2D eigenvalue weighted by molar-refractivity contribution is -0.206. The van der Waals surface area contributed by atoms with Crippen molar-refractivity contribution in [3.8, 4) is 11.3 Å². The predicted molar refractivity (Wildman–Crippen MR) is 91.6 cm³/mol. The fourth-order valence-electron chi connectivity index (χ4n) is 3.55. The van der Waals surface area contributed by atoms with Gasteiger partial charge in [0, 0.05) is 29.9 Å². The van der Waals surface area contributed by atoms with Gasteiger partial charge in [0.1, 0.15) is 5.82 Å². The smallest absolute Gasteiger partial charge is 0.430 e. The van der Waals surface area contributed by atoms with Gasteiger partial charge < -0.3 is 10.1 Å². The first kappa shape index (κ1) is 20.4. The van der Waals surface area contributed by atoms with E-state index in [0.29, 0.717) is 25.6 Å². The van der Waals surface area contributed by atoms with Gasteiger partial charge in [0.2, 0.25) is 6.10 Å². The lowest BCUT2D eigenvalue weighted by Crippen LogP contribution is -2.34. The van der Waals surface area contributed by atoms with Crippen LogP contribution in [0.2, 0.25) is 0 Å². The number of amides is 1. The van der Waals surface area contributed by atoms with Gasteiger partial charge in [0.15, 0.2) is 0 Å². The van der Waals surface area contributed by atoms with Crippen LogP contribution in [0.1, 0.15) is 35.3 Å². The first-order chi connectivity index (χ1) is 14.0.